The zero-order valence-electron chi connectivity index (χ0n) is 27.3. The van der Waals surface area contributed by atoms with Gasteiger partial charge < -0.3 is 0 Å². The van der Waals surface area contributed by atoms with Crippen molar-refractivity contribution < 1.29 is 0 Å². The first-order chi connectivity index (χ1) is 20.3. The van der Waals surface area contributed by atoms with Gasteiger partial charge in [-0.25, -0.2) is 0 Å². The number of unbranched alkanes of at least 4 members (excludes halogenated alkanes) is 5. The molecule has 0 aliphatic heterocycles. The monoisotopic (exact) mass is 578 g/mol. The molecule has 2 fully saturated rings. The number of fused-ring (bicyclic) bond motifs is 2. The van der Waals surface area contributed by atoms with Crippen molar-refractivity contribution in [2.45, 2.75) is 134 Å². The molecule has 0 radical (unpaired) electrons. The van der Waals surface area contributed by atoms with Crippen molar-refractivity contribution in [2.24, 2.45) is 21.7 Å². The summed E-state index contributed by atoms with van der Waals surface area (Å²) >= 11 is 0. The van der Waals surface area contributed by atoms with Crippen LogP contribution in [0.1, 0.15) is 111 Å². The third kappa shape index (κ3) is 5.14. The van der Waals surface area contributed by atoms with Gasteiger partial charge in [0.15, 0.2) is 0 Å². The highest BCUT2D eigenvalue weighted by Gasteiger charge is 2.64. The van der Waals surface area contributed by atoms with E-state index in [1.807, 2.05) is 0 Å². The lowest BCUT2D eigenvalue weighted by atomic mass is 9.59. The van der Waals surface area contributed by atoms with Gasteiger partial charge in [-0.15, -0.1) is 0 Å². The Kier molecular flexibility index (Phi) is 8.56. The van der Waals surface area contributed by atoms with Crippen LogP contribution in [0.2, 0.25) is 23.7 Å². The Morgan fingerprint density at radius 3 is 1.50 bits per heavy atom. The molecule has 0 heterocycles. The van der Waals surface area contributed by atoms with E-state index >= 15 is 0 Å². The molecule has 6 rings (SSSR count). The highest BCUT2D eigenvalue weighted by Crippen LogP contribution is 2.73. The fraction of sp³-hybridized carbons (Fsp3) is 0.610. The Bertz CT molecular complexity index is 1160. The Morgan fingerprint density at radius 2 is 1.05 bits per heavy atom. The largest absolute Gasteiger partial charge is 0.0837 e. The van der Waals surface area contributed by atoms with Gasteiger partial charge in [0.25, 0.3) is 0 Å². The summed E-state index contributed by atoms with van der Waals surface area (Å²) in [4.78, 5) is 0. The van der Waals surface area contributed by atoms with Crippen LogP contribution >= 0.6 is 0 Å². The summed E-state index contributed by atoms with van der Waals surface area (Å²) in [5.41, 5.74) is 6.02. The number of allylic oxidation sites excluding steroid dienone is 16. The maximum atomic E-state index is 2.93. The van der Waals surface area contributed by atoms with Gasteiger partial charge in [0, 0.05) is 21.7 Å². The van der Waals surface area contributed by atoms with Gasteiger partial charge in [0.05, 0.1) is 8.07 Å². The quantitative estimate of drug-likeness (QED) is 0.188. The number of rotatable bonds is 9. The first-order valence-electron chi connectivity index (χ1n) is 17.7. The summed E-state index contributed by atoms with van der Waals surface area (Å²) in [6.45, 7) is 9.99. The van der Waals surface area contributed by atoms with Gasteiger partial charge in [-0.1, -0.05) is 154 Å². The number of hydrogen-bond acceptors (Lipinski definition) is 0. The molecule has 0 bridgehead atoms. The first kappa shape index (κ1) is 30.2. The Balaban J connectivity index is 1.36. The summed E-state index contributed by atoms with van der Waals surface area (Å²) in [5.74, 6) is 0. The van der Waals surface area contributed by atoms with E-state index in [-0.39, 0.29) is 0 Å². The summed E-state index contributed by atoms with van der Waals surface area (Å²) in [6.07, 6.45) is 54.3. The lowest BCUT2D eigenvalue weighted by Gasteiger charge is -2.44. The molecular weight excluding hydrogens is 521 g/mol. The fourth-order valence-corrected chi connectivity index (χ4v) is 16.8. The Morgan fingerprint density at radius 1 is 0.595 bits per heavy atom. The van der Waals surface area contributed by atoms with Crippen LogP contribution in [0.4, 0.5) is 0 Å². The molecule has 6 unspecified atom stereocenters. The van der Waals surface area contributed by atoms with Gasteiger partial charge in [0.1, 0.15) is 0 Å². The van der Waals surface area contributed by atoms with Crippen molar-refractivity contribution in [1.29, 1.82) is 0 Å². The molecule has 0 amide bonds. The molecule has 4 spiro atoms. The van der Waals surface area contributed by atoms with E-state index in [0.29, 0.717) is 21.7 Å². The summed E-state index contributed by atoms with van der Waals surface area (Å²) in [5, 5.41) is 0. The molecular formula is C41H58Si. The van der Waals surface area contributed by atoms with Crippen LogP contribution in [0.5, 0.6) is 0 Å². The van der Waals surface area contributed by atoms with Crippen LogP contribution < -0.4 is 0 Å². The molecule has 0 nitrogen and oxygen atoms in total. The van der Waals surface area contributed by atoms with Gasteiger partial charge >= 0.3 is 0 Å². The number of hydrogen-bond donors (Lipinski definition) is 0. The van der Waals surface area contributed by atoms with Crippen molar-refractivity contribution in [2.75, 3.05) is 0 Å². The predicted octanol–water partition coefficient (Wildman–Crippen LogP) is 12.5. The van der Waals surface area contributed by atoms with Crippen LogP contribution in [0.3, 0.4) is 0 Å². The van der Waals surface area contributed by atoms with E-state index in [1.54, 1.807) is 6.04 Å². The van der Waals surface area contributed by atoms with E-state index in [2.05, 4.69) is 112 Å². The van der Waals surface area contributed by atoms with E-state index < -0.39 is 8.07 Å². The van der Waals surface area contributed by atoms with E-state index in [4.69, 9.17) is 0 Å². The van der Waals surface area contributed by atoms with Crippen molar-refractivity contribution >= 4 is 8.07 Å². The fourth-order valence-electron chi connectivity index (χ4n) is 11.0. The molecule has 2 saturated carbocycles. The van der Waals surface area contributed by atoms with Crippen LogP contribution in [0.25, 0.3) is 0 Å². The molecule has 0 N–H and O–H groups in total. The highest BCUT2D eigenvalue weighted by atomic mass is 28.3. The topological polar surface area (TPSA) is 0 Å². The smallest absolute Gasteiger partial charge is 0.0568 e. The molecule has 0 aromatic carbocycles. The molecule has 0 aromatic rings. The SMILES string of the molecule is CCCCCCCC[Si](C)(C1CC2(C=CC=CC2)C2(C=C(C)C=CC2)C1)C1CC2(C=CC=CC2)C2(C=C(C)C=CC2)C1. The minimum atomic E-state index is -1.66. The second-order valence-corrected chi connectivity index (χ2v) is 21.0. The van der Waals surface area contributed by atoms with Gasteiger partial charge in [-0.3, -0.25) is 0 Å². The predicted molar refractivity (Wildman–Crippen MR) is 186 cm³/mol. The summed E-state index contributed by atoms with van der Waals surface area (Å²) in [6, 6.07) is 1.54. The average Bonchev–Trinajstić information content (AvgIpc) is 3.43. The first-order valence-corrected chi connectivity index (χ1v) is 20.6. The molecule has 0 aromatic heterocycles. The lowest BCUT2D eigenvalue weighted by Crippen LogP contribution is -2.41. The van der Waals surface area contributed by atoms with Crippen molar-refractivity contribution in [3.05, 3.63) is 96.2 Å². The third-order valence-corrected chi connectivity index (χ3v) is 19.4. The van der Waals surface area contributed by atoms with E-state index in [9.17, 15) is 0 Å². The normalized spacial score (nSPS) is 39.6. The van der Waals surface area contributed by atoms with Crippen molar-refractivity contribution in [1.82, 2.24) is 0 Å². The molecule has 6 aliphatic rings. The zero-order chi connectivity index (χ0) is 29.3. The minimum absolute atomic E-state index is 0.304. The molecule has 6 aliphatic carbocycles. The zero-order valence-corrected chi connectivity index (χ0v) is 28.3. The van der Waals surface area contributed by atoms with E-state index in [1.165, 1.54) is 101 Å². The Labute approximate surface area is 259 Å². The second-order valence-electron chi connectivity index (χ2n) is 15.8. The van der Waals surface area contributed by atoms with Gasteiger partial charge in [-0.05, 0) is 76.3 Å². The van der Waals surface area contributed by atoms with Crippen LogP contribution in [-0.2, 0) is 0 Å². The second kappa shape index (κ2) is 11.9. The van der Waals surface area contributed by atoms with Crippen LogP contribution in [0, 0.1) is 21.7 Å². The van der Waals surface area contributed by atoms with Gasteiger partial charge in [-0.2, -0.15) is 0 Å². The molecule has 6 atom stereocenters. The third-order valence-electron chi connectivity index (χ3n) is 13.4. The van der Waals surface area contributed by atoms with Crippen molar-refractivity contribution in [3.8, 4) is 0 Å². The minimum Gasteiger partial charge on any atom is -0.0837 e. The average molecular weight is 579 g/mol. The highest BCUT2D eigenvalue weighted by molar-refractivity contribution is 6.81. The summed E-state index contributed by atoms with van der Waals surface area (Å²) in [7, 11) is -1.66. The Hall–Kier alpha value is -1.86. The molecule has 0 saturated heterocycles. The lowest BCUT2D eigenvalue weighted by molar-refractivity contribution is 0.183. The van der Waals surface area contributed by atoms with Crippen LogP contribution in [-0.4, -0.2) is 8.07 Å². The summed E-state index contributed by atoms with van der Waals surface area (Å²) < 4.78 is 0. The van der Waals surface area contributed by atoms with Gasteiger partial charge in [0.2, 0.25) is 0 Å². The van der Waals surface area contributed by atoms with Crippen LogP contribution in [0.15, 0.2) is 96.2 Å². The standard InChI is InChI=1S/C41H58Si/c1-5-6-7-8-9-16-27-42(4,36-30-38(21-12-10-13-22-38)40(32-36)25-17-19-34(2)28-40)37-31-39(23-14-11-15-24-39)41(33-37)26-18-20-35(3)29-41/h10-15,17-21,23,28-29,36-37H,5-9,16,22,24-27,30-33H2,1-4H3. The molecule has 1 heteroatoms. The van der Waals surface area contributed by atoms with E-state index in [0.717, 1.165) is 11.1 Å². The molecule has 42 heavy (non-hydrogen) atoms. The molecule has 226 valence electrons. The van der Waals surface area contributed by atoms with Crippen molar-refractivity contribution in [3.63, 3.8) is 0 Å². The maximum Gasteiger partial charge on any atom is 0.0568 e. The maximum absolute atomic E-state index is 2.93.